The van der Waals surface area contributed by atoms with Gasteiger partial charge in [0.1, 0.15) is 5.54 Å². The molecule has 2 amide bonds. The van der Waals surface area contributed by atoms with E-state index in [1.165, 1.54) is 13.8 Å². The number of carbonyl (C=O) groups is 2. The summed E-state index contributed by atoms with van der Waals surface area (Å²) in [5, 5.41) is 4.60. The van der Waals surface area contributed by atoms with E-state index in [1.807, 2.05) is 0 Å². The third-order valence-electron chi connectivity index (χ3n) is 1.83. The molecule has 0 aromatic carbocycles. The molecule has 0 atom stereocenters. The molecule has 17 heavy (non-hydrogen) atoms. The van der Waals surface area contributed by atoms with Crippen LogP contribution in [0.15, 0.2) is 12.7 Å². The lowest BCUT2D eigenvalue weighted by atomic mass is 10.0. The van der Waals surface area contributed by atoms with Gasteiger partial charge in [-0.05, 0) is 19.9 Å². The van der Waals surface area contributed by atoms with Crippen molar-refractivity contribution in [2.24, 2.45) is 0 Å². The lowest BCUT2D eigenvalue weighted by Gasteiger charge is -2.24. The molecule has 0 radical (unpaired) electrons. The van der Waals surface area contributed by atoms with Gasteiger partial charge in [-0.1, -0.05) is 6.58 Å². The Morgan fingerprint density at radius 1 is 1.41 bits per heavy atom. The zero-order valence-corrected chi connectivity index (χ0v) is 10.5. The maximum Gasteiger partial charge on any atom is 0.245 e. The number of hydrogen-bond donors (Lipinski definition) is 2. The average Bonchev–Trinajstić information content (AvgIpc) is 2.14. The summed E-state index contributed by atoms with van der Waals surface area (Å²) in [7, 11) is -4.36. The van der Waals surface area contributed by atoms with E-state index in [0.717, 1.165) is 6.08 Å². The van der Waals surface area contributed by atoms with Crippen LogP contribution >= 0.6 is 0 Å². The Labute approximate surface area is 100 Å². The first-order chi connectivity index (χ1) is 7.58. The van der Waals surface area contributed by atoms with Crippen molar-refractivity contribution in [3.05, 3.63) is 12.7 Å². The maximum atomic E-state index is 11.5. The summed E-state index contributed by atoms with van der Waals surface area (Å²) in [6.07, 6.45) is 1.01. The molecule has 0 bridgehead atoms. The van der Waals surface area contributed by atoms with E-state index >= 15 is 0 Å². The molecule has 0 rings (SSSR count). The van der Waals surface area contributed by atoms with Crippen LogP contribution in [0.3, 0.4) is 0 Å². The number of carbonyl (C=O) groups excluding carboxylic acids is 2. The Hall–Kier alpha value is -1.41. The minimum absolute atomic E-state index is 0.294. The molecule has 7 nitrogen and oxygen atoms in total. The van der Waals surface area contributed by atoms with Crippen LogP contribution in [0.4, 0.5) is 0 Å². The molecule has 0 unspecified atom stereocenters. The Morgan fingerprint density at radius 2 is 1.94 bits per heavy atom. The SMILES string of the molecule is C=CC(=O)NC(C)(C)C(=O)NCCS(=O)(=O)[O-]. The molecule has 0 aliphatic rings. The number of rotatable bonds is 6. The highest BCUT2D eigenvalue weighted by atomic mass is 32.2. The summed E-state index contributed by atoms with van der Waals surface area (Å²) in [5.74, 6) is -1.80. The molecule has 0 fully saturated rings. The van der Waals surface area contributed by atoms with E-state index in [1.54, 1.807) is 0 Å². The lowest BCUT2D eigenvalue weighted by Crippen LogP contribution is -2.54. The van der Waals surface area contributed by atoms with Gasteiger partial charge in [0.15, 0.2) is 0 Å². The van der Waals surface area contributed by atoms with Crippen molar-refractivity contribution in [2.45, 2.75) is 19.4 Å². The van der Waals surface area contributed by atoms with Crippen LogP contribution in [-0.2, 0) is 19.7 Å². The van der Waals surface area contributed by atoms with Crippen molar-refractivity contribution in [1.82, 2.24) is 10.6 Å². The fraction of sp³-hybridized carbons (Fsp3) is 0.556. The Balaban J connectivity index is 4.30. The molecule has 0 aromatic rings. The molecule has 0 heterocycles. The minimum atomic E-state index is -4.36. The van der Waals surface area contributed by atoms with Crippen LogP contribution in [0, 0.1) is 0 Å². The monoisotopic (exact) mass is 263 g/mol. The lowest BCUT2D eigenvalue weighted by molar-refractivity contribution is -0.130. The van der Waals surface area contributed by atoms with E-state index in [0.29, 0.717) is 0 Å². The fourth-order valence-electron chi connectivity index (χ4n) is 0.926. The van der Waals surface area contributed by atoms with E-state index < -0.39 is 33.2 Å². The van der Waals surface area contributed by atoms with Crippen LogP contribution in [0.25, 0.3) is 0 Å². The standard InChI is InChI=1S/C9H16N2O5S/c1-4-7(12)11-9(2,3)8(13)10-5-6-17(14,15)16/h4H,1,5-6H2,2-3H3,(H,10,13)(H,11,12)(H,14,15,16)/p-1. The van der Waals surface area contributed by atoms with Gasteiger partial charge in [-0.25, -0.2) is 8.42 Å². The van der Waals surface area contributed by atoms with E-state index in [9.17, 15) is 22.6 Å². The van der Waals surface area contributed by atoms with Gasteiger partial charge >= 0.3 is 0 Å². The van der Waals surface area contributed by atoms with Gasteiger partial charge < -0.3 is 15.2 Å². The van der Waals surface area contributed by atoms with Crippen molar-refractivity contribution in [3.63, 3.8) is 0 Å². The van der Waals surface area contributed by atoms with Crippen LogP contribution in [0.2, 0.25) is 0 Å². The largest absolute Gasteiger partial charge is 0.748 e. The van der Waals surface area contributed by atoms with Gasteiger partial charge in [-0.2, -0.15) is 0 Å². The summed E-state index contributed by atoms with van der Waals surface area (Å²) >= 11 is 0. The summed E-state index contributed by atoms with van der Waals surface area (Å²) in [6, 6.07) is 0. The number of amides is 2. The first-order valence-corrected chi connectivity index (χ1v) is 6.32. The first kappa shape index (κ1) is 15.6. The molecular weight excluding hydrogens is 248 g/mol. The molecule has 8 heteroatoms. The van der Waals surface area contributed by atoms with Crippen LogP contribution in [0.5, 0.6) is 0 Å². The van der Waals surface area contributed by atoms with E-state index in [4.69, 9.17) is 0 Å². The topological polar surface area (TPSA) is 115 Å². The molecule has 0 spiro atoms. The molecule has 0 aliphatic carbocycles. The summed E-state index contributed by atoms with van der Waals surface area (Å²) in [4.78, 5) is 22.6. The van der Waals surface area contributed by atoms with Crippen molar-refractivity contribution < 1.29 is 22.6 Å². The molecule has 0 saturated carbocycles. The Kier molecular flexibility index (Phi) is 5.30. The summed E-state index contributed by atoms with van der Waals surface area (Å²) < 4.78 is 30.9. The normalized spacial score (nSPS) is 11.7. The van der Waals surface area contributed by atoms with E-state index in [-0.39, 0.29) is 6.54 Å². The summed E-state index contributed by atoms with van der Waals surface area (Å²) in [5.41, 5.74) is -1.21. The maximum absolute atomic E-state index is 11.5. The van der Waals surface area contributed by atoms with Gasteiger partial charge in [-0.3, -0.25) is 9.59 Å². The van der Waals surface area contributed by atoms with Crippen molar-refractivity contribution in [1.29, 1.82) is 0 Å². The third-order valence-corrected chi connectivity index (χ3v) is 2.53. The van der Waals surface area contributed by atoms with Crippen molar-refractivity contribution >= 4 is 21.9 Å². The molecule has 0 aliphatic heterocycles. The predicted molar refractivity (Wildman–Crippen MR) is 60.0 cm³/mol. The molecule has 0 saturated heterocycles. The highest BCUT2D eigenvalue weighted by Crippen LogP contribution is 2.01. The van der Waals surface area contributed by atoms with Crippen molar-refractivity contribution in [2.75, 3.05) is 12.3 Å². The van der Waals surface area contributed by atoms with E-state index in [2.05, 4.69) is 17.2 Å². The van der Waals surface area contributed by atoms with Gasteiger partial charge in [0.25, 0.3) is 0 Å². The zero-order valence-electron chi connectivity index (χ0n) is 9.65. The second-order valence-electron chi connectivity index (χ2n) is 3.84. The first-order valence-electron chi connectivity index (χ1n) is 4.75. The molecule has 98 valence electrons. The second kappa shape index (κ2) is 5.78. The minimum Gasteiger partial charge on any atom is -0.748 e. The highest BCUT2D eigenvalue weighted by Gasteiger charge is 2.28. The van der Waals surface area contributed by atoms with Crippen LogP contribution in [-0.4, -0.2) is 42.6 Å². The number of nitrogens with one attached hydrogen (secondary N) is 2. The van der Waals surface area contributed by atoms with Crippen LogP contribution in [0.1, 0.15) is 13.8 Å². The van der Waals surface area contributed by atoms with Gasteiger partial charge in [0, 0.05) is 6.54 Å². The van der Waals surface area contributed by atoms with Crippen molar-refractivity contribution in [3.8, 4) is 0 Å². The smallest absolute Gasteiger partial charge is 0.245 e. The van der Waals surface area contributed by atoms with Crippen LogP contribution < -0.4 is 10.6 Å². The molecular formula is C9H15N2O5S-. The average molecular weight is 263 g/mol. The molecule has 0 aromatic heterocycles. The second-order valence-corrected chi connectivity index (χ2v) is 5.36. The van der Waals surface area contributed by atoms with Gasteiger partial charge in [0.05, 0.1) is 15.9 Å². The quantitative estimate of drug-likeness (QED) is 0.458. The Morgan fingerprint density at radius 3 is 2.35 bits per heavy atom. The number of hydrogen-bond acceptors (Lipinski definition) is 5. The zero-order chi connectivity index (χ0) is 13.7. The summed E-state index contributed by atoms with van der Waals surface area (Å²) in [6.45, 7) is 5.82. The van der Waals surface area contributed by atoms with Gasteiger partial charge in [-0.15, -0.1) is 0 Å². The molecule has 2 N–H and O–H groups in total. The highest BCUT2D eigenvalue weighted by molar-refractivity contribution is 7.85. The third kappa shape index (κ3) is 6.69. The fourth-order valence-corrected chi connectivity index (χ4v) is 1.28. The Bertz CT molecular complexity index is 413. The predicted octanol–water partition coefficient (Wildman–Crippen LogP) is -1.27. The van der Waals surface area contributed by atoms with Gasteiger partial charge in [0.2, 0.25) is 11.8 Å².